The molecule has 1 saturated carbocycles. The van der Waals surface area contributed by atoms with Gasteiger partial charge in [0.25, 0.3) is 5.92 Å². The minimum atomic E-state index is -5.08. The predicted octanol–water partition coefficient (Wildman–Crippen LogP) is 7.25. The molecular weight excluding hydrogens is 589 g/mol. The SMILES string of the molecule is N[C@@H]1CCCC(F)(F)[C@@H]1c1sc2c(NCc3cccs3)cc(Cl)nc2c1Br.O=C(O)C(F)(F)F. The number of rotatable bonds is 4. The van der Waals surface area contributed by atoms with Crippen molar-refractivity contribution in [2.75, 3.05) is 5.32 Å². The van der Waals surface area contributed by atoms with Crippen molar-refractivity contribution in [1.82, 2.24) is 4.98 Å². The summed E-state index contributed by atoms with van der Waals surface area (Å²) in [5.74, 6) is -6.59. The number of aliphatic carboxylic acids is 1. The van der Waals surface area contributed by atoms with E-state index in [4.69, 9.17) is 27.2 Å². The molecule has 0 saturated heterocycles. The summed E-state index contributed by atoms with van der Waals surface area (Å²) < 4.78 is 62.5. The van der Waals surface area contributed by atoms with E-state index in [1.165, 1.54) is 16.2 Å². The van der Waals surface area contributed by atoms with Crippen molar-refractivity contribution in [2.24, 2.45) is 5.73 Å². The number of halogens is 7. The topological polar surface area (TPSA) is 88.2 Å². The molecule has 0 radical (unpaired) electrons. The van der Waals surface area contributed by atoms with Gasteiger partial charge in [-0.15, -0.1) is 22.7 Å². The number of alkyl halides is 5. The molecule has 2 atom stereocenters. The smallest absolute Gasteiger partial charge is 0.475 e. The first-order chi connectivity index (χ1) is 15.8. The highest BCUT2D eigenvalue weighted by Crippen LogP contribution is 2.51. The molecule has 0 unspecified atom stereocenters. The summed E-state index contributed by atoms with van der Waals surface area (Å²) in [4.78, 5) is 15.0. The molecule has 0 amide bonds. The van der Waals surface area contributed by atoms with Crippen LogP contribution in [0.25, 0.3) is 10.2 Å². The second-order valence-corrected chi connectivity index (χ2v) is 10.7. The first-order valence-corrected chi connectivity index (χ1v) is 12.7. The molecule has 0 bridgehead atoms. The number of thiophene rings is 2. The van der Waals surface area contributed by atoms with Crippen molar-refractivity contribution in [2.45, 2.75) is 49.9 Å². The minimum Gasteiger partial charge on any atom is -0.475 e. The van der Waals surface area contributed by atoms with E-state index in [-0.39, 0.29) is 6.42 Å². The Morgan fingerprint density at radius 2 is 2.09 bits per heavy atom. The maximum Gasteiger partial charge on any atom is 0.490 e. The predicted molar refractivity (Wildman–Crippen MR) is 127 cm³/mol. The molecule has 34 heavy (non-hydrogen) atoms. The lowest BCUT2D eigenvalue weighted by atomic mass is 9.81. The molecule has 0 spiro atoms. The monoisotopic (exact) mass is 605 g/mol. The Hall–Kier alpha value is -1.54. The second-order valence-electron chi connectivity index (χ2n) is 7.48. The van der Waals surface area contributed by atoms with Crippen molar-refractivity contribution in [3.05, 3.63) is 43.0 Å². The fourth-order valence-electron chi connectivity index (χ4n) is 3.55. The summed E-state index contributed by atoms with van der Waals surface area (Å²) in [5.41, 5.74) is 7.51. The highest BCUT2D eigenvalue weighted by atomic mass is 79.9. The zero-order chi connectivity index (χ0) is 25.3. The molecule has 0 aromatic carbocycles. The Balaban J connectivity index is 0.000000406. The van der Waals surface area contributed by atoms with Gasteiger partial charge in [-0.2, -0.15) is 13.2 Å². The number of hydrogen-bond acceptors (Lipinski definition) is 6. The molecule has 186 valence electrons. The van der Waals surface area contributed by atoms with E-state index in [2.05, 4.69) is 26.2 Å². The number of nitrogens with zero attached hydrogens (tertiary/aromatic N) is 1. The third kappa shape index (κ3) is 6.17. The minimum absolute atomic E-state index is 0.135. The standard InChI is InChI=1S/C18H17BrClF2N3S2.C2HF3O2/c19-14-15-16(27-17(14)13-10(23)4-1-5-18(13,21)22)11(7-12(20)25-15)24-8-9-3-2-6-26-9;3-2(4,5)1(6)7/h2-3,6-7,10,13H,1,4-5,8,23H2,(H,24,25);(H,6,7)/t10-,13+;/m1./s1. The number of hydrogen-bond donors (Lipinski definition) is 3. The number of carbonyl (C=O) groups is 1. The normalized spacial score (nSPS) is 20.0. The number of anilines is 1. The van der Waals surface area contributed by atoms with Crippen LogP contribution in [0.15, 0.2) is 28.1 Å². The molecule has 5 nitrogen and oxygen atoms in total. The van der Waals surface area contributed by atoms with Gasteiger partial charge in [-0.3, -0.25) is 0 Å². The average molecular weight is 607 g/mol. The molecule has 3 aromatic heterocycles. The van der Waals surface area contributed by atoms with Gasteiger partial charge in [0.1, 0.15) is 5.15 Å². The van der Waals surface area contributed by atoms with Crippen LogP contribution in [-0.2, 0) is 11.3 Å². The van der Waals surface area contributed by atoms with Gasteiger partial charge in [-0.1, -0.05) is 17.7 Å². The lowest BCUT2D eigenvalue weighted by molar-refractivity contribution is -0.192. The fourth-order valence-corrected chi connectivity index (χ4v) is 6.66. The summed E-state index contributed by atoms with van der Waals surface area (Å²) in [6.07, 6.45) is -4.17. The highest BCUT2D eigenvalue weighted by Gasteiger charge is 2.48. The van der Waals surface area contributed by atoms with Gasteiger partial charge >= 0.3 is 12.1 Å². The molecular formula is C20H18BrClF5N3O2S2. The molecule has 1 aliphatic rings. The number of carboxylic acids is 1. The van der Waals surface area contributed by atoms with Gasteiger partial charge in [0.05, 0.1) is 26.3 Å². The van der Waals surface area contributed by atoms with Crippen LogP contribution in [0.4, 0.5) is 27.6 Å². The highest BCUT2D eigenvalue weighted by molar-refractivity contribution is 9.10. The maximum atomic E-state index is 14.7. The van der Waals surface area contributed by atoms with Gasteiger partial charge in [0, 0.05) is 34.8 Å². The van der Waals surface area contributed by atoms with Gasteiger partial charge in [-0.25, -0.2) is 18.6 Å². The van der Waals surface area contributed by atoms with Crippen LogP contribution in [0.2, 0.25) is 5.15 Å². The average Bonchev–Trinajstić information content (AvgIpc) is 3.34. The van der Waals surface area contributed by atoms with Crippen LogP contribution in [0, 0.1) is 0 Å². The summed E-state index contributed by atoms with van der Waals surface area (Å²) in [7, 11) is 0. The molecule has 1 aliphatic carbocycles. The second kappa shape index (κ2) is 10.6. The zero-order valence-electron chi connectivity index (χ0n) is 17.1. The van der Waals surface area contributed by atoms with E-state index >= 15 is 0 Å². The molecule has 4 rings (SSSR count). The van der Waals surface area contributed by atoms with Gasteiger partial charge in [0.2, 0.25) is 0 Å². The third-order valence-electron chi connectivity index (χ3n) is 5.07. The van der Waals surface area contributed by atoms with Crippen LogP contribution < -0.4 is 11.1 Å². The lowest BCUT2D eigenvalue weighted by Gasteiger charge is -2.35. The largest absolute Gasteiger partial charge is 0.490 e. The number of pyridine rings is 1. The Bertz CT molecular complexity index is 1160. The first-order valence-electron chi connectivity index (χ1n) is 9.79. The number of carboxylic acid groups (broad SMARTS) is 1. The number of nitrogens with two attached hydrogens (primary N) is 1. The Kier molecular flexibility index (Phi) is 8.44. The quantitative estimate of drug-likeness (QED) is 0.215. The van der Waals surface area contributed by atoms with E-state index in [9.17, 15) is 22.0 Å². The maximum absolute atomic E-state index is 14.7. The van der Waals surface area contributed by atoms with E-state index in [1.54, 1.807) is 17.4 Å². The van der Waals surface area contributed by atoms with Gasteiger partial charge in [-0.05, 0) is 40.2 Å². The fraction of sp³-hybridized carbons (Fsp3) is 0.400. The number of aromatic nitrogens is 1. The zero-order valence-corrected chi connectivity index (χ0v) is 21.1. The van der Waals surface area contributed by atoms with Crippen LogP contribution in [0.5, 0.6) is 0 Å². The van der Waals surface area contributed by atoms with E-state index in [0.29, 0.717) is 39.4 Å². The van der Waals surface area contributed by atoms with Gasteiger partial charge < -0.3 is 16.2 Å². The summed E-state index contributed by atoms with van der Waals surface area (Å²) in [6, 6.07) is 5.19. The number of fused-ring (bicyclic) bond motifs is 1. The summed E-state index contributed by atoms with van der Waals surface area (Å²) in [6.45, 7) is 0.636. The Morgan fingerprint density at radius 1 is 1.41 bits per heavy atom. The van der Waals surface area contributed by atoms with Crippen LogP contribution in [0.3, 0.4) is 0 Å². The molecule has 3 heterocycles. The lowest BCUT2D eigenvalue weighted by Crippen LogP contribution is -2.43. The van der Waals surface area contributed by atoms with Crippen LogP contribution in [0.1, 0.15) is 34.9 Å². The third-order valence-corrected chi connectivity index (χ3v) is 8.50. The molecule has 4 N–H and O–H groups in total. The Morgan fingerprint density at radius 3 is 2.65 bits per heavy atom. The van der Waals surface area contributed by atoms with Crippen molar-refractivity contribution < 1.29 is 31.9 Å². The van der Waals surface area contributed by atoms with E-state index in [1.807, 2.05) is 17.5 Å². The van der Waals surface area contributed by atoms with Crippen LogP contribution in [-0.4, -0.2) is 34.2 Å². The van der Waals surface area contributed by atoms with E-state index in [0.717, 1.165) is 10.4 Å². The van der Waals surface area contributed by atoms with Crippen molar-refractivity contribution in [3.8, 4) is 0 Å². The molecule has 1 fully saturated rings. The molecule has 14 heteroatoms. The van der Waals surface area contributed by atoms with Crippen LogP contribution >= 0.6 is 50.2 Å². The van der Waals surface area contributed by atoms with Crippen molar-refractivity contribution in [3.63, 3.8) is 0 Å². The summed E-state index contributed by atoms with van der Waals surface area (Å²) >= 11 is 12.7. The number of nitrogens with one attached hydrogen (secondary N) is 1. The van der Waals surface area contributed by atoms with E-state index < -0.39 is 30.0 Å². The molecule has 0 aliphatic heterocycles. The Labute approximate surface area is 212 Å². The van der Waals surface area contributed by atoms with Crippen molar-refractivity contribution >= 4 is 72.1 Å². The first kappa shape index (κ1) is 27.1. The van der Waals surface area contributed by atoms with Crippen molar-refractivity contribution in [1.29, 1.82) is 0 Å². The summed E-state index contributed by atoms with van der Waals surface area (Å²) in [5, 5.41) is 12.8. The molecule has 3 aromatic rings. The van der Waals surface area contributed by atoms with Gasteiger partial charge in [0.15, 0.2) is 0 Å².